The molecule has 85 heavy (non-hydrogen) atoms. The quantitative estimate of drug-likeness (QED) is 0.0181. The second kappa shape index (κ2) is 33.1. The molecule has 0 spiro atoms. The van der Waals surface area contributed by atoms with Gasteiger partial charge in [0.05, 0.1) is 0 Å². The lowest BCUT2D eigenvalue weighted by Gasteiger charge is -2.63. The van der Waals surface area contributed by atoms with Crippen LogP contribution in [0.25, 0.3) is 104 Å². The zero-order chi connectivity index (χ0) is 61.0. The van der Waals surface area contributed by atoms with Crippen molar-refractivity contribution in [3.63, 3.8) is 0 Å². The van der Waals surface area contributed by atoms with E-state index in [0.29, 0.717) is 0 Å². The highest BCUT2D eigenvalue weighted by Gasteiger charge is 2.83. The minimum Gasteiger partial charge on any atom is -0.373 e. The van der Waals surface area contributed by atoms with E-state index >= 15 is 0 Å². The van der Waals surface area contributed by atoms with Crippen molar-refractivity contribution in [1.29, 1.82) is 0 Å². The van der Waals surface area contributed by atoms with Gasteiger partial charge in [0.15, 0.2) is 0 Å². The molecule has 0 aromatic rings. The predicted molar refractivity (Wildman–Crippen MR) is 308 cm³/mol. The molecule has 45 nitrogen and oxygen atoms in total. The highest BCUT2D eigenvalue weighted by molar-refractivity contribution is 7.04. The summed E-state index contributed by atoms with van der Waals surface area (Å²) in [5, 5.41) is 38.2. The number of hydrogen-bond acceptors (Lipinski definition) is 25. The fourth-order valence-electron chi connectivity index (χ4n) is 9.82. The number of rotatable bonds is 40. The number of hydrogen-bond donors (Lipinski definition) is 0. The summed E-state index contributed by atoms with van der Waals surface area (Å²) in [6, 6.07) is -2.67. The van der Waals surface area contributed by atoms with E-state index < -0.39 is 88.0 Å². The first kappa shape index (κ1) is 68.8. The molecule has 0 aliphatic carbocycles. The Balaban J connectivity index is 1.92. The Bertz CT molecular complexity index is 2200. The van der Waals surface area contributed by atoms with Gasteiger partial charge in [-0.1, -0.05) is 51.1 Å². The van der Waals surface area contributed by atoms with E-state index in [1.54, 1.807) is 0 Å². The maximum Gasteiger partial charge on any atom is 0.478 e. The second-order valence-electron chi connectivity index (χ2n) is 18.9. The zero-order valence-corrected chi connectivity index (χ0v) is 55.8. The van der Waals surface area contributed by atoms with Crippen LogP contribution in [0.15, 0.2) is 51.1 Å². The van der Waals surface area contributed by atoms with Crippen LogP contribution in [0, 0.1) is 0 Å². The molecule has 5 saturated heterocycles. The summed E-state index contributed by atoms with van der Waals surface area (Å²) in [6.07, 6.45) is -0.361. The Labute approximate surface area is 493 Å². The van der Waals surface area contributed by atoms with E-state index in [0.717, 1.165) is 0 Å². The lowest BCUT2D eigenvalue weighted by atomic mass is 10.5. The average molecular weight is 1360 g/mol. The van der Waals surface area contributed by atoms with Gasteiger partial charge in [0.1, 0.15) is 0 Å². The predicted octanol–water partition coefficient (Wildman–Crippen LogP) is 11.7. The second-order valence-corrected chi connectivity index (χ2v) is 49.8. The van der Waals surface area contributed by atoms with Crippen LogP contribution in [0.4, 0.5) is 0 Å². The van der Waals surface area contributed by atoms with Crippen LogP contribution < -0.4 is 0 Å². The van der Waals surface area contributed by atoms with Crippen molar-refractivity contribution in [3.05, 3.63) is 104 Å². The molecule has 460 valence electrons. The van der Waals surface area contributed by atoms with Crippen molar-refractivity contribution in [1.82, 2.24) is 0 Å². The molecule has 5 fully saturated rings. The maximum atomic E-state index is 9.60. The largest absolute Gasteiger partial charge is 0.478 e. The van der Waals surface area contributed by atoms with Gasteiger partial charge < -0.3 is 61.7 Å². The van der Waals surface area contributed by atoms with Crippen molar-refractivity contribution in [2.75, 3.05) is 65.4 Å². The van der Waals surface area contributed by atoms with Crippen LogP contribution >= 0.6 is 0 Å². The lowest BCUT2D eigenvalue weighted by Crippen LogP contribution is -2.88. The van der Waals surface area contributed by atoms with Crippen LogP contribution in [0.5, 0.6) is 0 Å². The first-order valence-electron chi connectivity index (χ1n) is 26.8. The van der Waals surface area contributed by atoms with Crippen LogP contribution in [0.2, 0.25) is 60.4 Å². The normalized spacial score (nSPS) is 32.7. The fraction of sp³-hybridized carbons (Fsp3) is 1.00. The SMILES string of the molecule is [N-]=[N+]=NCCC[Si]12O[Si]3(CCCN=[N+]=[N-])O[Si]4(CCCN=[N+]=[N-])O[Si](CCCN=[N+]=[N-])(O1)O[Si]1(CCCN=[N+]=[N-])O[Si](CCCN=[N+]=[N-])(O4)O[Si]4(CCCN=[N+]=[N-])O[Si](CCCN=[N+]=[N-])(O[Si](CCCN=[N+]=[N-])(O[Si](CCCN=[N+]=[N-])(O3)O4)O2)O1. The zero-order valence-electron chi connectivity index (χ0n) is 45.8. The summed E-state index contributed by atoms with van der Waals surface area (Å²) in [6.45, 7) is -1.73. The van der Waals surface area contributed by atoms with Gasteiger partial charge in [-0.2, -0.15) is 0 Å². The minimum absolute atomic E-state index is 0.0361. The van der Waals surface area contributed by atoms with Gasteiger partial charge in [-0.25, -0.2) is 0 Å². The van der Waals surface area contributed by atoms with E-state index in [4.69, 9.17) is 61.7 Å². The molecule has 0 atom stereocenters. The smallest absolute Gasteiger partial charge is 0.373 e. The fourth-order valence-corrected chi connectivity index (χ4v) is 72.7. The Morgan fingerprint density at radius 2 is 0.247 bits per heavy atom. The highest BCUT2D eigenvalue weighted by atomic mass is 28.6. The van der Waals surface area contributed by atoms with E-state index in [1.165, 1.54) is 0 Å². The van der Waals surface area contributed by atoms with Gasteiger partial charge in [-0.15, -0.1) is 0 Å². The van der Waals surface area contributed by atoms with Crippen LogP contribution in [-0.2, 0) is 61.7 Å². The number of nitrogens with zero attached hydrogens (tertiary/aromatic N) is 30. The standard InChI is InChI=1S/C30H60N30O15Si10/c31-51-41-11-1-21-76-61-77(22-2-12-42-52-32)68-80(25-5-15-45-55-35)62-78(66-76,23-3-13-43-53-33)70-82(27-7-17-47-57-37)64-84(72-80,29-9-19-49-59-39)75-85(30-10-20-50-60-40)65-83(74-82,28-8-18-48-58-38)71-79(67-76,24-4-14-44-54-34)63-81(69-77,73-85)26-6-16-46-56-36/h1-30H2. The minimum atomic E-state index is -5.04. The summed E-state index contributed by atoms with van der Waals surface area (Å²) in [5.41, 5.74) is 96.0. The average Bonchev–Trinajstić information content (AvgIpc) is 0.731. The summed E-state index contributed by atoms with van der Waals surface area (Å²) in [4.78, 5) is 29.8. The molecule has 0 unspecified atom stereocenters. The Hall–Kier alpha value is -5.33. The molecule has 5 aliphatic heterocycles. The van der Waals surface area contributed by atoms with E-state index in [-0.39, 0.29) is 190 Å². The molecular formula is C30H60N30O15Si10. The van der Waals surface area contributed by atoms with Gasteiger partial charge in [0.25, 0.3) is 0 Å². The van der Waals surface area contributed by atoms with Gasteiger partial charge in [0.2, 0.25) is 0 Å². The maximum absolute atomic E-state index is 9.60. The molecule has 0 aromatic heterocycles. The Kier molecular flexibility index (Phi) is 26.8. The van der Waals surface area contributed by atoms with Gasteiger partial charge in [-0.05, 0) is 120 Å². The molecule has 5 aliphatic rings. The Morgan fingerprint density at radius 1 is 0.165 bits per heavy atom. The summed E-state index contributed by atoms with van der Waals surface area (Å²) >= 11 is 0. The monoisotopic (exact) mass is 1360 g/mol. The van der Waals surface area contributed by atoms with E-state index in [1.807, 2.05) is 0 Å². The first-order chi connectivity index (χ1) is 41.2. The van der Waals surface area contributed by atoms with Gasteiger partial charge in [-0.3, -0.25) is 0 Å². The molecule has 0 saturated carbocycles. The molecule has 0 aromatic carbocycles. The third kappa shape index (κ3) is 19.3. The van der Waals surface area contributed by atoms with Crippen LogP contribution in [-0.4, -0.2) is 153 Å². The molecule has 5 rings (SSSR count). The third-order valence-corrected chi connectivity index (χ3v) is 59.7. The van der Waals surface area contributed by atoms with Crippen LogP contribution in [0.3, 0.4) is 0 Å². The van der Waals surface area contributed by atoms with Crippen molar-refractivity contribution in [2.24, 2.45) is 51.1 Å². The molecule has 0 N–H and O–H groups in total. The molecular weight excluding hydrogens is 1300 g/mol. The molecule has 0 radical (unpaired) electrons. The Morgan fingerprint density at radius 3 is 0.318 bits per heavy atom. The lowest BCUT2D eigenvalue weighted by molar-refractivity contribution is -0.0296. The van der Waals surface area contributed by atoms with Crippen molar-refractivity contribution in [2.45, 2.75) is 125 Å². The van der Waals surface area contributed by atoms with Crippen molar-refractivity contribution < 1.29 is 61.7 Å². The molecule has 5 heterocycles. The first-order valence-corrected chi connectivity index (χ1v) is 46.1. The van der Waals surface area contributed by atoms with E-state index in [2.05, 4.69) is 100 Å². The molecule has 55 heteroatoms. The van der Waals surface area contributed by atoms with Gasteiger partial charge >= 0.3 is 88.0 Å². The molecule has 10 bridgehead atoms. The van der Waals surface area contributed by atoms with Crippen molar-refractivity contribution in [3.8, 4) is 0 Å². The topological polar surface area (TPSA) is 626 Å². The molecule has 0 amide bonds. The number of fused-ring (bicyclic) bond motifs is 10. The summed E-state index contributed by atoms with van der Waals surface area (Å²) in [7, 11) is -50.4. The summed E-state index contributed by atoms with van der Waals surface area (Å²) < 4.78 is 116. The summed E-state index contributed by atoms with van der Waals surface area (Å²) in [5.74, 6) is 0. The van der Waals surface area contributed by atoms with Crippen LogP contribution in [0.1, 0.15) is 64.2 Å². The van der Waals surface area contributed by atoms with Gasteiger partial charge in [0, 0.05) is 175 Å². The van der Waals surface area contributed by atoms with Crippen molar-refractivity contribution >= 4 is 88.0 Å². The number of azide groups is 10. The third-order valence-electron chi connectivity index (χ3n) is 12.7. The van der Waals surface area contributed by atoms with E-state index in [9.17, 15) is 55.3 Å². The highest BCUT2D eigenvalue weighted by Crippen LogP contribution is 2.55.